The van der Waals surface area contributed by atoms with Crippen molar-refractivity contribution in [2.24, 2.45) is 0 Å². The zero-order chi connectivity index (χ0) is 19.6. The van der Waals surface area contributed by atoms with Gasteiger partial charge in [0.2, 0.25) is 0 Å². The van der Waals surface area contributed by atoms with Crippen LogP contribution in [0.15, 0.2) is 18.2 Å². The Morgan fingerprint density at radius 3 is 1.88 bits per heavy atom. The second-order valence-corrected chi connectivity index (χ2v) is 8.95. The van der Waals surface area contributed by atoms with Crippen LogP contribution in [0.5, 0.6) is 11.5 Å². The maximum absolute atomic E-state index is 10.7. The summed E-state index contributed by atoms with van der Waals surface area (Å²) in [5, 5.41) is 0. The van der Waals surface area contributed by atoms with E-state index in [0.717, 1.165) is 12.0 Å². The molecule has 0 aliphatic rings. The van der Waals surface area contributed by atoms with Crippen LogP contribution in [0.1, 0.15) is 38.2 Å². The van der Waals surface area contributed by atoms with Crippen molar-refractivity contribution in [2.45, 2.75) is 39.0 Å². The van der Waals surface area contributed by atoms with Crippen molar-refractivity contribution >= 4 is 20.2 Å². The van der Waals surface area contributed by atoms with Crippen LogP contribution in [0.3, 0.4) is 0 Å². The van der Waals surface area contributed by atoms with Gasteiger partial charge in [0.05, 0.1) is 24.7 Å². The maximum atomic E-state index is 10.7. The predicted octanol–water partition coefficient (Wildman–Crippen LogP) is 2.34. The Kier molecular flexibility index (Phi) is 9.34. The first-order valence-electron chi connectivity index (χ1n) is 8.39. The molecule has 1 aromatic carbocycles. The van der Waals surface area contributed by atoms with Crippen LogP contribution < -0.4 is 9.47 Å². The van der Waals surface area contributed by atoms with Gasteiger partial charge in [-0.1, -0.05) is 13.0 Å². The zero-order valence-corrected chi connectivity index (χ0v) is 16.4. The van der Waals surface area contributed by atoms with Crippen LogP contribution in [0.25, 0.3) is 0 Å². The quantitative estimate of drug-likeness (QED) is 0.375. The molecule has 0 heterocycles. The third-order valence-electron chi connectivity index (χ3n) is 3.54. The summed E-state index contributed by atoms with van der Waals surface area (Å²) >= 11 is 0. The fourth-order valence-corrected chi connectivity index (χ4v) is 3.33. The van der Waals surface area contributed by atoms with Crippen molar-refractivity contribution in [1.82, 2.24) is 0 Å². The highest BCUT2D eigenvalue weighted by Gasteiger charge is 2.08. The summed E-state index contributed by atoms with van der Waals surface area (Å²) in [7, 11) is -7.88. The van der Waals surface area contributed by atoms with Gasteiger partial charge in [0, 0.05) is 6.07 Å². The summed E-state index contributed by atoms with van der Waals surface area (Å²) in [5.74, 6) is 0.657. The summed E-state index contributed by atoms with van der Waals surface area (Å²) in [6.07, 6.45) is 2.35. The highest BCUT2D eigenvalue weighted by molar-refractivity contribution is 7.86. The molecule has 0 fully saturated rings. The molecule has 0 saturated heterocycles. The third kappa shape index (κ3) is 10.6. The lowest BCUT2D eigenvalue weighted by Crippen LogP contribution is -2.07. The lowest BCUT2D eigenvalue weighted by Gasteiger charge is -2.13. The van der Waals surface area contributed by atoms with E-state index in [4.69, 9.17) is 18.6 Å². The number of rotatable bonds is 13. The normalized spacial score (nSPS) is 12.1. The van der Waals surface area contributed by atoms with E-state index in [1.807, 2.05) is 13.0 Å². The molecule has 0 spiro atoms. The van der Waals surface area contributed by atoms with Crippen LogP contribution in [0.2, 0.25) is 0 Å². The Morgan fingerprint density at radius 2 is 1.38 bits per heavy atom. The van der Waals surface area contributed by atoms with Gasteiger partial charge in [-0.05, 0) is 43.7 Å². The molecule has 0 amide bonds. The standard InChI is InChI=1S/C16H26O8S2/c1-2-14-7-8-15(23-9-3-5-11-25(17,18)19)13-16(14)24-10-4-6-12-26(20,21)22/h7-8,13H,2-6,9-12H2,1H3,(H,17,18,19)(H,20,21,22). The fraction of sp³-hybridized carbons (Fsp3) is 0.625. The molecule has 0 aliphatic heterocycles. The first kappa shape index (κ1) is 22.7. The Morgan fingerprint density at radius 1 is 0.846 bits per heavy atom. The van der Waals surface area contributed by atoms with Crippen LogP contribution in [-0.4, -0.2) is 50.7 Å². The van der Waals surface area contributed by atoms with Gasteiger partial charge in [-0.15, -0.1) is 0 Å². The average molecular weight is 411 g/mol. The van der Waals surface area contributed by atoms with Crippen molar-refractivity contribution in [2.75, 3.05) is 24.7 Å². The molecule has 10 heteroatoms. The molecule has 1 rings (SSSR count). The first-order valence-corrected chi connectivity index (χ1v) is 11.6. The summed E-state index contributed by atoms with van der Waals surface area (Å²) in [6.45, 7) is 2.62. The lowest BCUT2D eigenvalue weighted by atomic mass is 10.1. The number of benzene rings is 1. The van der Waals surface area contributed by atoms with Gasteiger partial charge >= 0.3 is 0 Å². The smallest absolute Gasteiger partial charge is 0.264 e. The Bertz CT molecular complexity index is 756. The molecule has 150 valence electrons. The number of ether oxygens (including phenoxy) is 2. The van der Waals surface area contributed by atoms with Crippen molar-refractivity contribution < 1.29 is 35.4 Å². The molecule has 0 unspecified atom stereocenters. The van der Waals surface area contributed by atoms with Crippen LogP contribution in [0.4, 0.5) is 0 Å². The van der Waals surface area contributed by atoms with Crippen molar-refractivity contribution in [3.63, 3.8) is 0 Å². The molecule has 2 N–H and O–H groups in total. The highest BCUT2D eigenvalue weighted by atomic mass is 32.2. The van der Waals surface area contributed by atoms with Gasteiger partial charge in [-0.2, -0.15) is 16.8 Å². The second-order valence-electron chi connectivity index (χ2n) is 5.81. The predicted molar refractivity (Wildman–Crippen MR) is 98.1 cm³/mol. The van der Waals surface area contributed by atoms with Gasteiger partial charge in [0.1, 0.15) is 11.5 Å². The van der Waals surface area contributed by atoms with Crippen LogP contribution in [-0.2, 0) is 26.7 Å². The average Bonchev–Trinajstić information content (AvgIpc) is 2.52. The van der Waals surface area contributed by atoms with Gasteiger partial charge < -0.3 is 9.47 Å². The van der Waals surface area contributed by atoms with E-state index in [2.05, 4.69) is 0 Å². The van der Waals surface area contributed by atoms with Crippen molar-refractivity contribution in [3.05, 3.63) is 23.8 Å². The number of aryl methyl sites for hydroxylation is 1. The maximum Gasteiger partial charge on any atom is 0.264 e. The Labute approximate surface area is 155 Å². The number of hydrogen-bond donors (Lipinski definition) is 2. The van der Waals surface area contributed by atoms with E-state index >= 15 is 0 Å². The number of hydrogen-bond acceptors (Lipinski definition) is 6. The van der Waals surface area contributed by atoms with Crippen LogP contribution >= 0.6 is 0 Å². The molecule has 0 aliphatic carbocycles. The van der Waals surface area contributed by atoms with Crippen molar-refractivity contribution in [1.29, 1.82) is 0 Å². The SMILES string of the molecule is CCc1ccc(OCCCCS(=O)(=O)O)cc1OCCCCS(=O)(=O)O. The van der Waals surface area contributed by atoms with Gasteiger partial charge in [0.15, 0.2) is 0 Å². The van der Waals surface area contributed by atoms with Gasteiger partial charge in [0.25, 0.3) is 20.2 Å². The molecule has 1 aromatic rings. The largest absolute Gasteiger partial charge is 0.493 e. The van der Waals surface area contributed by atoms with Gasteiger partial charge in [-0.25, -0.2) is 0 Å². The van der Waals surface area contributed by atoms with E-state index in [-0.39, 0.29) is 11.5 Å². The van der Waals surface area contributed by atoms with E-state index in [1.165, 1.54) is 0 Å². The number of unbranched alkanes of at least 4 members (excludes halogenated alkanes) is 2. The minimum Gasteiger partial charge on any atom is -0.493 e. The third-order valence-corrected chi connectivity index (χ3v) is 5.15. The molecule has 0 bridgehead atoms. The minimum absolute atomic E-state index is 0.288. The van der Waals surface area contributed by atoms with Crippen LogP contribution in [0, 0.1) is 0 Å². The second kappa shape index (κ2) is 10.7. The van der Waals surface area contributed by atoms with E-state index in [0.29, 0.717) is 50.4 Å². The van der Waals surface area contributed by atoms with E-state index < -0.39 is 20.2 Å². The molecular formula is C16H26O8S2. The highest BCUT2D eigenvalue weighted by Crippen LogP contribution is 2.26. The molecule has 26 heavy (non-hydrogen) atoms. The Balaban J connectivity index is 2.46. The molecule has 0 saturated carbocycles. The van der Waals surface area contributed by atoms with E-state index in [9.17, 15) is 16.8 Å². The molecule has 0 aromatic heterocycles. The van der Waals surface area contributed by atoms with Crippen molar-refractivity contribution in [3.8, 4) is 11.5 Å². The summed E-state index contributed by atoms with van der Waals surface area (Å²) in [4.78, 5) is 0. The zero-order valence-electron chi connectivity index (χ0n) is 14.8. The fourth-order valence-electron chi connectivity index (χ4n) is 2.20. The summed E-state index contributed by atoms with van der Waals surface area (Å²) in [5.41, 5.74) is 0.985. The first-order chi connectivity index (χ1) is 12.1. The monoisotopic (exact) mass is 410 g/mol. The molecular weight excluding hydrogens is 384 g/mol. The molecule has 0 radical (unpaired) electrons. The minimum atomic E-state index is -3.94. The Hall–Kier alpha value is -1.36. The summed E-state index contributed by atoms with van der Waals surface area (Å²) in [6, 6.07) is 5.41. The lowest BCUT2D eigenvalue weighted by molar-refractivity contribution is 0.292. The van der Waals surface area contributed by atoms with E-state index in [1.54, 1.807) is 12.1 Å². The topological polar surface area (TPSA) is 127 Å². The van der Waals surface area contributed by atoms with Gasteiger partial charge in [-0.3, -0.25) is 9.11 Å². The molecule has 8 nitrogen and oxygen atoms in total. The molecule has 0 atom stereocenters. The summed E-state index contributed by atoms with van der Waals surface area (Å²) < 4.78 is 71.2.